The summed E-state index contributed by atoms with van der Waals surface area (Å²) in [5.41, 5.74) is 2.82. The van der Waals surface area contributed by atoms with E-state index in [0.717, 1.165) is 33.5 Å². The normalized spacial score (nSPS) is 10.9. The summed E-state index contributed by atoms with van der Waals surface area (Å²) in [7, 11) is 4.84. The van der Waals surface area contributed by atoms with Gasteiger partial charge in [-0.3, -0.25) is 0 Å². The number of aromatic carboxylic acids is 1. The van der Waals surface area contributed by atoms with E-state index in [1.54, 1.807) is 21.3 Å². The Morgan fingerprint density at radius 1 is 1.00 bits per heavy atom. The molecule has 0 saturated carbocycles. The number of hydrogen-bond acceptors (Lipinski definition) is 5. The highest BCUT2D eigenvalue weighted by Gasteiger charge is 2.22. The zero-order valence-electron chi connectivity index (χ0n) is 17.1. The molecule has 2 aromatic carbocycles. The standard InChI is InChI=1S/C22H26N2O5/c1-5-24-19-11-16(28-3)6-8-17(19)18(21(24)22(25)26)13-23-12-14-10-15(27-2)7-9-20(14)29-4/h6-11,23H,5,12-13H2,1-4H3,(H,25,26). The molecule has 29 heavy (non-hydrogen) atoms. The molecule has 0 unspecified atom stereocenters. The lowest BCUT2D eigenvalue weighted by molar-refractivity contribution is 0.0684. The first-order valence-electron chi connectivity index (χ1n) is 9.38. The molecule has 0 aliphatic rings. The molecule has 3 aromatic rings. The highest BCUT2D eigenvalue weighted by molar-refractivity contribution is 5.98. The van der Waals surface area contributed by atoms with Crippen molar-refractivity contribution < 1.29 is 24.1 Å². The van der Waals surface area contributed by atoms with Crippen LogP contribution in [-0.4, -0.2) is 37.0 Å². The summed E-state index contributed by atoms with van der Waals surface area (Å²) in [5.74, 6) is 1.24. The second-order valence-electron chi connectivity index (χ2n) is 6.54. The van der Waals surface area contributed by atoms with Crippen molar-refractivity contribution in [2.45, 2.75) is 26.6 Å². The first-order valence-corrected chi connectivity index (χ1v) is 9.38. The quantitative estimate of drug-likeness (QED) is 0.572. The predicted octanol–water partition coefficient (Wildman–Crippen LogP) is 3.68. The van der Waals surface area contributed by atoms with E-state index in [1.165, 1.54) is 0 Å². The van der Waals surface area contributed by atoms with Crippen molar-refractivity contribution in [3.63, 3.8) is 0 Å². The average molecular weight is 398 g/mol. The van der Waals surface area contributed by atoms with Crippen LogP contribution in [0.1, 0.15) is 28.5 Å². The largest absolute Gasteiger partial charge is 0.497 e. The SMILES string of the molecule is CCn1c(C(=O)O)c(CNCc2cc(OC)ccc2OC)c2ccc(OC)cc21. The van der Waals surface area contributed by atoms with Crippen molar-refractivity contribution >= 4 is 16.9 Å². The van der Waals surface area contributed by atoms with E-state index in [9.17, 15) is 9.90 Å². The smallest absolute Gasteiger partial charge is 0.352 e. The van der Waals surface area contributed by atoms with Gasteiger partial charge in [0.15, 0.2) is 0 Å². The van der Waals surface area contributed by atoms with Crippen molar-refractivity contribution in [3.8, 4) is 17.2 Å². The lowest BCUT2D eigenvalue weighted by atomic mass is 10.1. The molecule has 0 saturated heterocycles. The molecule has 3 rings (SSSR count). The van der Waals surface area contributed by atoms with E-state index < -0.39 is 5.97 Å². The Labute approximate surface area is 169 Å². The van der Waals surface area contributed by atoms with Gasteiger partial charge in [0.2, 0.25) is 0 Å². The minimum absolute atomic E-state index is 0.292. The maximum absolute atomic E-state index is 12.0. The zero-order chi connectivity index (χ0) is 21.0. The molecule has 0 bridgehead atoms. The number of methoxy groups -OCH3 is 3. The molecule has 1 aromatic heterocycles. The number of carbonyl (C=O) groups is 1. The average Bonchev–Trinajstić information content (AvgIpc) is 3.06. The minimum atomic E-state index is -0.947. The van der Waals surface area contributed by atoms with Gasteiger partial charge in [0.1, 0.15) is 22.9 Å². The number of aromatic nitrogens is 1. The summed E-state index contributed by atoms with van der Waals surface area (Å²) >= 11 is 0. The predicted molar refractivity (Wildman–Crippen MR) is 111 cm³/mol. The Kier molecular flexibility index (Phi) is 6.29. The van der Waals surface area contributed by atoms with E-state index in [-0.39, 0.29) is 0 Å². The lowest BCUT2D eigenvalue weighted by Gasteiger charge is -2.12. The van der Waals surface area contributed by atoms with Gasteiger partial charge < -0.3 is 29.2 Å². The highest BCUT2D eigenvalue weighted by atomic mass is 16.5. The van der Waals surface area contributed by atoms with Crippen LogP contribution >= 0.6 is 0 Å². The van der Waals surface area contributed by atoms with Gasteiger partial charge in [-0.05, 0) is 37.3 Å². The van der Waals surface area contributed by atoms with Gasteiger partial charge in [-0.2, -0.15) is 0 Å². The summed E-state index contributed by atoms with van der Waals surface area (Å²) in [6.07, 6.45) is 0. The molecular weight excluding hydrogens is 372 g/mol. The van der Waals surface area contributed by atoms with Crippen LogP contribution in [0.5, 0.6) is 17.2 Å². The summed E-state index contributed by atoms with van der Waals surface area (Å²) in [6, 6.07) is 11.2. The number of carboxylic acid groups (broad SMARTS) is 1. The molecule has 0 fully saturated rings. The molecular formula is C22H26N2O5. The number of ether oxygens (including phenoxy) is 3. The summed E-state index contributed by atoms with van der Waals surface area (Å²) < 4.78 is 17.8. The zero-order valence-corrected chi connectivity index (χ0v) is 17.1. The van der Waals surface area contributed by atoms with E-state index in [2.05, 4.69) is 5.32 Å². The van der Waals surface area contributed by atoms with Crippen LogP contribution in [0.3, 0.4) is 0 Å². The van der Waals surface area contributed by atoms with Crippen LogP contribution in [-0.2, 0) is 19.6 Å². The molecule has 154 valence electrons. The van der Waals surface area contributed by atoms with Crippen molar-refractivity contribution in [1.29, 1.82) is 0 Å². The molecule has 0 aliphatic carbocycles. The summed E-state index contributed by atoms with van der Waals surface area (Å²) in [4.78, 5) is 12.0. The van der Waals surface area contributed by atoms with Crippen molar-refractivity contribution in [1.82, 2.24) is 9.88 Å². The van der Waals surface area contributed by atoms with E-state index in [4.69, 9.17) is 14.2 Å². The van der Waals surface area contributed by atoms with E-state index >= 15 is 0 Å². The number of fused-ring (bicyclic) bond motifs is 1. The topological polar surface area (TPSA) is 82.0 Å². The number of carboxylic acids is 1. The molecule has 7 nitrogen and oxygen atoms in total. The number of nitrogens with one attached hydrogen (secondary N) is 1. The van der Waals surface area contributed by atoms with Gasteiger partial charge in [0.05, 0.1) is 26.8 Å². The Bertz CT molecular complexity index is 1030. The molecule has 0 spiro atoms. The number of nitrogens with zero attached hydrogens (tertiary/aromatic N) is 1. The molecule has 0 aliphatic heterocycles. The number of aryl methyl sites for hydroxylation is 1. The van der Waals surface area contributed by atoms with Crippen LogP contribution in [0.15, 0.2) is 36.4 Å². The Morgan fingerprint density at radius 3 is 2.31 bits per heavy atom. The molecule has 1 heterocycles. The monoisotopic (exact) mass is 398 g/mol. The first-order chi connectivity index (χ1) is 14.0. The number of rotatable bonds is 9. The van der Waals surface area contributed by atoms with Gasteiger partial charge >= 0.3 is 5.97 Å². The summed E-state index contributed by atoms with van der Waals surface area (Å²) in [6.45, 7) is 3.39. The van der Waals surface area contributed by atoms with Crippen molar-refractivity contribution in [2.24, 2.45) is 0 Å². The van der Waals surface area contributed by atoms with Gasteiger partial charge in [0, 0.05) is 42.2 Å². The first kappa shape index (κ1) is 20.5. The Balaban J connectivity index is 1.94. The van der Waals surface area contributed by atoms with Crippen LogP contribution in [0.25, 0.3) is 10.9 Å². The van der Waals surface area contributed by atoms with Gasteiger partial charge in [0.25, 0.3) is 0 Å². The van der Waals surface area contributed by atoms with Crippen LogP contribution in [0.2, 0.25) is 0 Å². The second kappa shape index (κ2) is 8.87. The highest BCUT2D eigenvalue weighted by Crippen LogP contribution is 2.30. The van der Waals surface area contributed by atoms with Crippen LogP contribution < -0.4 is 19.5 Å². The Hall–Kier alpha value is -3.19. The molecule has 0 atom stereocenters. The van der Waals surface area contributed by atoms with Crippen LogP contribution in [0, 0.1) is 0 Å². The van der Waals surface area contributed by atoms with Crippen molar-refractivity contribution in [3.05, 3.63) is 53.2 Å². The van der Waals surface area contributed by atoms with E-state index in [1.807, 2.05) is 47.9 Å². The van der Waals surface area contributed by atoms with Gasteiger partial charge in [-0.15, -0.1) is 0 Å². The van der Waals surface area contributed by atoms with E-state index in [0.29, 0.717) is 31.1 Å². The summed E-state index contributed by atoms with van der Waals surface area (Å²) in [5, 5.41) is 14.1. The third-order valence-electron chi connectivity index (χ3n) is 5.00. The number of benzene rings is 2. The Morgan fingerprint density at radius 2 is 1.69 bits per heavy atom. The fraction of sp³-hybridized carbons (Fsp3) is 0.318. The fourth-order valence-corrected chi connectivity index (χ4v) is 3.62. The van der Waals surface area contributed by atoms with Gasteiger partial charge in [-0.1, -0.05) is 0 Å². The molecule has 0 radical (unpaired) electrons. The third kappa shape index (κ3) is 4.00. The van der Waals surface area contributed by atoms with Crippen molar-refractivity contribution in [2.75, 3.05) is 21.3 Å². The minimum Gasteiger partial charge on any atom is -0.497 e. The number of hydrogen-bond donors (Lipinski definition) is 2. The van der Waals surface area contributed by atoms with Gasteiger partial charge in [-0.25, -0.2) is 4.79 Å². The molecule has 0 amide bonds. The lowest BCUT2D eigenvalue weighted by Crippen LogP contribution is -2.17. The maximum atomic E-state index is 12.0. The fourth-order valence-electron chi connectivity index (χ4n) is 3.62. The third-order valence-corrected chi connectivity index (χ3v) is 5.00. The maximum Gasteiger partial charge on any atom is 0.352 e. The van der Waals surface area contributed by atoms with Crippen LogP contribution in [0.4, 0.5) is 0 Å². The molecule has 2 N–H and O–H groups in total. The second-order valence-corrected chi connectivity index (χ2v) is 6.54. The molecule has 7 heteroatoms.